The number of nitrogens with one attached hydrogen (secondary N) is 1. The van der Waals surface area contributed by atoms with E-state index in [0.29, 0.717) is 43.3 Å². The molecule has 0 saturated heterocycles. The molecule has 31 heavy (non-hydrogen) atoms. The minimum atomic E-state index is -0.455. The van der Waals surface area contributed by atoms with Crippen molar-refractivity contribution < 1.29 is 18.4 Å². The number of nitrogens with zero attached hydrogens (tertiary/aromatic N) is 1. The molecule has 3 aromatic rings. The van der Waals surface area contributed by atoms with Gasteiger partial charge in [0.1, 0.15) is 17.3 Å². The topological polar surface area (TPSA) is 62.6 Å². The van der Waals surface area contributed by atoms with Gasteiger partial charge in [0.05, 0.1) is 0 Å². The van der Waals surface area contributed by atoms with Gasteiger partial charge in [-0.3, -0.25) is 9.59 Å². The van der Waals surface area contributed by atoms with Crippen molar-refractivity contribution >= 4 is 17.5 Å². The summed E-state index contributed by atoms with van der Waals surface area (Å²) in [4.78, 5) is 26.7. The van der Waals surface area contributed by atoms with Crippen molar-refractivity contribution in [2.45, 2.75) is 33.2 Å². The third-order valence-electron chi connectivity index (χ3n) is 5.29. The Bertz CT molecular complexity index is 1120. The number of halogens is 1. The first-order chi connectivity index (χ1) is 14.9. The number of furan rings is 1. The maximum Gasteiger partial charge on any atom is 0.255 e. The average molecular weight is 420 g/mol. The Labute approximate surface area is 180 Å². The zero-order valence-electron chi connectivity index (χ0n) is 17.7. The molecule has 160 valence electrons. The van der Waals surface area contributed by atoms with E-state index in [1.165, 1.54) is 18.2 Å². The van der Waals surface area contributed by atoms with Crippen molar-refractivity contribution in [3.63, 3.8) is 0 Å². The second-order valence-electron chi connectivity index (χ2n) is 8.27. The van der Waals surface area contributed by atoms with Crippen molar-refractivity contribution in [3.05, 3.63) is 77.3 Å². The van der Waals surface area contributed by atoms with Crippen LogP contribution in [0.4, 0.5) is 10.1 Å². The fraction of sp³-hybridized carbons (Fsp3) is 0.280. The van der Waals surface area contributed by atoms with Crippen molar-refractivity contribution in [1.82, 2.24) is 4.90 Å². The number of fused-ring (bicyclic) bond motifs is 1. The Morgan fingerprint density at radius 2 is 1.94 bits per heavy atom. The quantitative estimate of drug-likeness (QED) is 0.612. The first-order valence-electron chi connectivity index (χ1n) is 10.5. The summed E-state index contributed by atoms with van der Waals surface area (Å²) in [6.45, 7) is 5.31. The van der Waals surface area contributed by atoms with Crippen LogP contribution in [0.1, 0.15) is 41.9 Å². The number of rotatable bonds is 5. The molecule has 0 atom stereocenters. The highest BCUT2D eigenvalue weighted by atomic mass is 19.1. The van der Waals surface area contributed by atoms with Gasteiger partial charge in [-0.15, -0.1) is 0 Å². The maximum atomic E-state index is 13.4. The van der Waals surface area contributed by atoms with Crippen LogP contribution in [0.3, 0.4) is 0 Å². The van der Waals surface area contributed by atoms with E-state index in [1.807, 2.05) is 43.0 Å². The molecule has 5 nitrogen and oxygen atoms in total. The molecule has 0 fully saturated rings. The summed E-state index contributed by atoms with van der Waals surface area (Å²) in [5, 5.41) is 2.80. The van der Waals surface area contributed by atoms with E-state index >= 15 is 0 Å². The number of hydrogen-bond acceptors (Lipinski definition) is 3. The van der Waals surface area contributed by atoms with Gasteiger partial charge < -0.3 is 14.6 Å². The van der Waals surface area contributed by atoms with Crippen molar-refractivity contribution in [3.8, 4) is 11.3 Å². The molecule has 6 heteroatoms. The lowest BCUT2D eigenvalue weighted by atomic mass is 10.0. The standard InChI is InChI=1S/C25H25FN2O3/c1-16(2)11-24(29)28-10-9-22-19(15-28)14-23(31-22)17-5-4-8-21(13-17)27-25(30)18-6-3-7-20(26)12-18/h3-8,12-14,16H,9-11,15H2,1-2H3,(H,27,30). The van der Waals surface area contributed by atoms with Crippen molar-refractivity contribution in [2.75, 3.05) is 11.9 Å². The minimum Gasteiger partial charge on any atom is -0.461 e. The lowest BCUT2D eigenvalue weighted by Crippen LogP contribution is -2.35. The zero-order chi connectivity index (χ0) is 22.0. The van der Waals surface area contributed by atoms with Crippen LogP contribution >= 0.6 is 0 Å². The highest BCUT2D eigenvalue weighted by molar-refractivity contribution is 6.04. The number of amides is 2. The molecular weight excluding hydrogens is 395 g/mol. The molecule has 1 N–H and O–H groups in total. The molecule has 2 aromatic carbocycles. The monoisotopic (exact) mass is 420 g/mol. The summed E-state index contributed by atoms with van der Waals surface area (Å²) in [7, 11) is 0. The van der Waals surface area contributed by atoms with Crippen LogP contribution in [-0.2, 0) is 17.8 Å². The average Bonchev–Trinajstić information content (AvgIpc) is 3.17. The predicted octanol–water partition coefficient (Wildman–Crippen LogP) is 5.27. The second-order valence-corrected chi connectivity index (χ2v) is 8.27. The van der Waals surface area contributed by atoms with E-state index in [0.717, 1.165) is 16.9 Å². The van der Waals surface area contributed by atoms with Gasteiger partial charge >= 0.3 is 0 Å². The molecule has 4 rings (SSSR count). The van der Waals surface area contributed by atoms with Crippen molar-refractivity contribution in [2.24, 2.45) is 5.92 Å². The molecule has 1 aliphatic rings. The van der Waals surface area contributed by atoms with Gasteiger partial charge in [-0.1, -0.05) is 32.0 Å². The highest BCUT2D eigenvalue weighted by Gasteiger charge is 2.24. The molecule has 2 heterocycles. The van der Waals surface area contributed by atoms with Crippen LogP contribution in [-0.4, -0.2) is 23.3 Å². The van der Waals surface area contributed by atoms with Gasteiger partial charge in [0.15, 0.2) is 0 Å². The fourth-order valence-electron chi connectivity index (χ4n) is 3.75. The molecule has 0 saturated carbocycles. The predicted molar refractivity (Wildman–Crippen MR) is 117 cm³/mol. The van der Waals surface area contributed by atoms with Crippen LogP contribution in [0.15, 0.2) is 59.0 Å². The van der Waals surface area contributed by atoms with Crippen LogP contribution in [0, 0.1) is 11.7 Å². The summed E-state index contributed by atoms with van der Waals surface area (Å²) in [6.07, 6.45) is 1.24. The highest BCUT2D eigenvalue weighted by Crippen LogP contribution is 2.31. The van der Waals surface area contributed by atoms with Crippen LogP contribution < -0.4 is 5.32 Å². The largest absolute Gasteiger partial charge is 0.461 e. The summed E-state index contributed by atoms with van der Waals surface area (Å²) in [6, 6.07) is 14.9. The Kier molecular flexibility index (Phi) is 5.89. The molecule has 0 bridgehead atoms. The van der Waals surface area contributed by atoms with Crippen LogP contribution in [0.25, 0.3) is 11.3 Å². The summed E-state index contributed by atoms with van der Waals surface area (Å²) < 4.78 is 19.4. The van der Waals surface area contributed by atoms with Gasteiger partial charge in [0, 0.05) is 48.3 Å². The molecule has 1 aromatic heterocycles. The lowest BCUT2D eigenvalue weighted by Gasteiger charge is -2.26. The van der Waals surface area contributed by atoms with Gasteiger partial charge in [0.2, 0.25) is 5.91 Å². The molecule has 0 radical (unpaired) electrons. The Morgan fingerprint density at radius 1 is 1.13 bits per heavy atom. The SMILES string of the molecule is CC(C)CC(=O)N1CCc2oc(-c3cccc(NC(=O)c4cccc(F)c4)c3)cc2C1. The minimum absolute atomic E-state index is 0.172. The summed E-state index contributed by atoms with van der Waals surface area (Å²) >= 11 is 0. The number of benzene rings is 2. The number of carbonyl (C=O) groups is 2. The van der Waals surface area contributed by atoms with Gasteiger partial charge in [0.25, 0.3) is 5.91 Å². The van der Waals surface area contributed by atoms with Gasteiger partial charge in [-0.25, -0.2) is 4.39 Å². The molecule has 0 unspecified atom stereocenters. The third kappa shape index (κ3) is 4.85. The first kappa shape index (κ1) is 20.8. The van der Waals surface area contributed by atoms with Crippen molar-refractivity contribution in [1.29, 1.82) is 0 Å². The smallest absolute Gasteiger partial charge is 0.255 e. The van der Waals surface area contributed by atoms with E-state index in [-0.39, 0.29) is 17.4 Å². The van der Waals surface area contributed by atoms with E-state index in [2.05, 4.69) is 5.32 Å². The summed E-state index contributed by atoms with van der Waals surface area (Å²) in [5.74, 6) is 1.27. The molecular formula is C25H25FN2O3. The first-order valence-corrected chi connectivity index (χ1v) is 10.5. The lowest BCUT2D eigenvalue weighted by molar-refractivity contribution is -0.132. The third-order valence-corrected chi connectivity index (χ3v) is 5.29. The normalized spacial score (nSPS) is 13.2. The number of hydrogen-bond donors (Lipinski definition) is 1. The van der Waals surface area contributed by atoms with E-state index < -0.39 is 5.82 Å². The second kappa shape index (κ2) is 8.76. The fourth-order valence-corrected chi connectivity index (χ4v) is 3.75. The number of anilines is 1. The Hall–Kier alpha value is -3.41. The molecule has 2 amide bonds. The molecule has 1 aliphatic heterocycles. The van der Waals surface area contributed by atoms with Gasteiger partial charge in [-0.2, -0.15) is 0 Å². The summed E-state index contributed by atoms with van der Waals surface area (Å²) in [5.41, 5.74) is 2.69. The molecule has 0 aliphatic carbocycles. The van der Waals surface area contributed by atoms with E-state index in [9.17, 15) is 14.0 Å². The van der Waals surface area contributed by atoms with E-state index in [4.69, 9.17) is 4.42 Å². The maximum absolute atomic E-state index is 13.4. The molecule has 0 spiro atoms. The number of carbonyl (C=O) groups excluding carboxylic acids is 2. The Morgan fingerprint density at radius 3 is 2.71 bits per heavy atom. The zero-order valence-corrected chi connectivity index (χ0v) is 17.7. The van der Waals surface area contributed by atoms with Gasteiger partial charge in [-0.05, 0) is 42.3 Å². The van der Waals surface area contributed by atoms with Crippen LogP contribution in [0.2, 0.25) is 0 Å². The Balaban J connectivity index is 1.50. The van der Waals surface area contributed by atoms with Crippen LogP contribution in [0.5, 0.6) is 0 Å². The van der Waals surface area contributed by atoms with E-state index in [1.54, 1.807) is 12.1 Å².